The van der Waals surface area contributed by atoms with Gasteiger partial charge in [0.15, 0.2) is 0 Å². The molecule has 4 N–H and O–H groups in total. The largest absolute Gasteiger partial charge is 0.460 e. The highest BCUT2D eigenvalue weighted by atomic mass is 31.2. The van der Waals surface area contributed by atoms with Crippen LogP contribution in [0.3, 0.4) is 0 Å². The van der Waals surface area contributed by atoms with E-state index in [0.29, 0.717) is 0 Å². The zero-order valence-electron chi connectivity index (χ0n) is 11.9. The first kappa shape index (κ1) is 20.5. The third-order valence-corrected chi connectivity index (χ3v) is 3.76. The van der Waals surface area contributed by atoms with E-state index < -0.39 is 46.2 Å². The van der Waals surface area contributed by atoms with Crippen molar-refractivity contribution in [3.8, 4) is 0 Å². The molecule has 0 radical (unpaired) electrons. The minimum absolute atomic E-state index is 0.141. The van der Waals surface area contributed by atoms with Gasteiger partial charge in [-0.1, -0.05) is 6.58 Å². The summed E-state index contributed by atoms with van der Waals surface area (Å²) in [5.41, 5.74) is 0.141. The second kappa shape index (κ2) is 8.19. The Balaban J connectivity index is 4.58. The smallest absolute Gasteiger partial charge is 0.339 e. The number of hydrogen-bond donors (Lipinski definition) is 4. The fraction of sp³-hybridized carbons (Fsp3) is 0.700. The fourth-order valence-corrected chi connectivity index (χ4v) is 3.29. The van der Waals surface area contributed by atoms with Gasteiger partial charge >= 0.3 is 13.6 Å². The standard InChI is InChI=1S/C10H21NO8P2/c1-8(2)10(13)19-5-9(12)4-11(6-20(3,14)15)7-21(16,17)18/h9,12H,1,4-7H2,2-3H3,(H,14,15)(H2,16,17,18). The highest BCUT2D eigenvalue weighted by molar-refractivity contribution is 7.57. The lowest BCUT2D eigenvalue weighted by atomic mass is 10.3. The maximum Gasteiger partial charge on any atom is 0.339 e. The third-order valence-electron chi connectivity index (χ3n) is 2.07. The monoisotopic (exact) mass is 345 g/mol. The van der Waals surface area contributed by atoms with Gasteiger partial charge in [-0.25, -0.2) is 4.79 Å². The van der Waals surface area contributed by atoms with Crippen molar-refractivity contribution in [3.05, 3.63) is 12.2 Å². The molecule has 0 fully saturated rings. The van der Waals surface area contributed by atoms with E-state index in [4.69, 9.17) is 9.79 Å². The van der Waals surface area contributed by atoms with E-state index >= 15 is 0 Å². The Labute approximate surface area is 122 Å². The molecule has 21 heavy (non-hydrogen) atoms. The Morgan fingerprint density at radius 2 is 1.81 bits per heavy atom. The van der Waals surface area contributed by atoms with Gasteiger partial charge in [0.25, 0.3) is 0 Å². The summed E-state index contributed by atoms with van der Waals surface area (Å²) in [5, 5.41) is 9.67. The zero-order valence-corrected chi connectivity index (χ0v) is 13.7. The van der Waals surface area contributed by atoms with Gasteiger partial charge in [-0.05, 0) is 6.92 Å². The zero-order chi connectivity index (χ0) is 16.8. The van der Waals surface area contributed by atoms with Crippen molar-refractivity contribution in [1.29, 1.82) is 0 Å². The molecule has 0 heterocycles. The predicted molar refractivity (Wildman–Crippen MR) is 76.0 cm³/mol. The van der Waals surface area contributed by atoms with Gasteiger partial charge in [-0.15, -0.1) is 0 Å². The van der Waals surface area contributed by atoms with E-state index in [0.717, 1.165) is 11.6 Å². The minimum Gasteiger partial charge on any atom is -0.460 e. The molecule has 2 atom stereocenters. The molecule has 0 aliphatic carbocycles. The molecule has 0 aliphatic heterocycles. The normalized spacial score (nSPS) is 16.3. The summed E-state index contributed by atoms with van der Waals surface area (Å²) in [6, 6.07) is 0. The number of carbonyl (C=O) groups excluding carboxylic acids is 1. The number of nitrogens with zero attached hydrogens (tertiary/aromatic N) is 1. The Morgan fingerprint density at radius 1 is 1.29 bits per heavy atom. The van der Waals surface area contributed by atoms with Crippen molar-refractivity contribution < 1.29 is 38.4 Å². The molecule has 0 rings (SSSR count). The van der Waals surface area contributed by atoms with Crippen LogP contribution in [0.5, 0.6) is 0 Å². The van der Waals surface area contributed by atoms with Crippen molar-refractivity contribution >= 4 is 20.9 Å². The summed E-state index contributed by atoms with van der Waals surface area (Å²) in [5.74, 6) is -0.709. The molecule has 0 aliphatic rings. The van der Waals surface area contributed by atoms with Crippen LogP contribution in [0.1, 0.15) is 6.92 Å². The van der Waals surface area contributed by atoms with Gasteiger partial charge in [0, 0.05) is 18.8 Å². The van der Waals surface area contributed by atoms with Gasteiger partial charge in [-0.2, -0.15) is 0 Å². The van der Waals surface area contributed by atoms with Crippen molar-refractivity contribution in [2.24, 2.45) is 0 Å². The van der Waals surface area contributed by atoms with E-state index in [2.05, 4.69) is 11.3 Å². The van der Waals surface area contributed by atoms with E-state index in [9.17, 15) is 23.9 Å². The first-order chi connectivity index (χ1) is 9.30. The second-order valence-electron chi connectivity index (χ2n) is 4.88. The number of carbonyl (C=O) groups is 1. The van der Waals surface area contributed by atoms with Crippen LogP contribution in [0.4, 0.5) is 0 Å². The minimum atomic E-state index is -4.46. The first-order valence-electron chi connectivity index (χ1n) is 5.87. The summed E-state index contributed by atoms with van der Waals surface area (Å²) in [4.78, 5) is 39.2. The van der Waals surface area contributed by atoms with E-state index in [1.165, 1.54) is 6.92 Å². The molecule has 0 saturated heterocycles. The van der Waals surface area contributed by atoms with Gasteiger partial charge in [-0.3, -0.25) is 14.0 Å². The SMILES string of the molecule is C=C(C)C(=O)OCC(O)CN(CP(C)(=O)O)CP(=O)(O)O. The Morgan fingerprint density at radius 3 is 2.19 bits per heavy atom. The van der Waals surface area contributed by atoms with E-state index in [1.807, 2.05) is 0 Å². The quantitative estimate of drug-likeness (QED) is 0.253. The molecule has 124 valence electrons. The van der Waals surface area contributed by atoms with Crippen molar-refractivity contribution in [1.82, 2.24) is 4.90 Å². The van der Waals surface area contributed by atoms with E-state index in [-0.39, 0.29) is 12.1 Å². The van der Waals surface area contributed by atoms with Crippen LogP contribution < -0.4 is 0 Å². The molecular weight excluding hydrogens is 324 g/mol. The maximum absolute atomic E-state index is 11.3. The summed E-state index contributed by atoms with van der Waals surface area (Å²) in [7, 11) is -8.03. The Bertz CT molecular complexity index is 444. The number of rotatable bonds is 9. The Kier molecular flexibility index (Phi) is 7.99. The van der Waals surface area contributed by atoms with Crippen LogP contribution >= 0.6 is 15.0 Å². The van der Waals surface area contributed by atoms with Crippen LogP contribution in [0.2, 0.25) is 0 Å². The molecule has 0 spiro atoms. The molecule has 0 amide bonds. The number of aliphatic hydroxyl groups is 1. The molecule has 9 nitrogen and oxygen atoms in total. The molecule has 0 aromatic carbocycles. The maximum atomic E-state index is 11.3. The Hall–Kier alpha value is -0.530. The summed E-state index contributed by atoms with van der Waals surface area (Å²) in [6.45, 7) is 5.07. The summed E-state index contributed by atoms with van der Waals surface area (Å²) < 4.78 is 27.0. The van der Waals surface area contributed by atoms with Crippen LogP contribution in [0.25, 0.3) is 0 Å². The molecule has 11 heteroatoms. The lowest BCUT2D eigenvalue weighted by Crippen LogP contribution is -2.36. The van der Waals surface area contributed by atoms with Crippen LogP contribution in [-0.4, -0.2) is 69.1 Å². The molecule has 2 unspecified atom stereocenters. The lowest BCUT2D eigenvalue weighted by molar-refractivity contribution is -0.142. The van der Waals surface area contributed by atoms with E-state index in [1.54, 1.807) is 0 Å². The summed E-state index contributed by atoms with van der Waals surface area (Å²) in [6.07, 6.45) is -2.54. The van der Waals surface area contributed by atoms with Gasteiger partial charge in [0.1, 0.15) is 19.0 Å². The number of esters is 1. The van der Waals surface area contributed by atoms with Gasteiger partial charge in [0.2, 0.25) is 7.37 Å². The molecule has 0 bridgehead atoms. The van der Waals surface area contributed by atoms with Crippen LogP contribution in [-0.2, 0) is 18.7 Å². The van der Waals surface area contributed by atoms with Crippen LogP contribution in [0, 0.1) is 0 Å². The molecule has 0 aromatic heterocycles. The van der Waals surface area contributed by atoms with Crippen molar-refractivity contribution in [2.75, 3.05) is 32.4 Å². The molecular formula is C10H21NO8P2. The fourth-order valence-electron chi connectivity index (χ4n) is 1.44. The van der Waals surface area contributed by atoms with Gasteiger partial charge < -0.3 is 24.5 Å². The number of aliphatic hydroxyl groups excluding tert-OH is 1. The first-order valence-corrected chi connectivity index (χ1v) is 9.96. The topological polar surface area (TPSA) is 145 Å². The second-order valence-corrected chi connectivity index (χ2v) is 8.88. The van der Waals surface area contributed by atoms with Gasteiger partial charge in [0.05, 0.1) is 6.29 Å². The van der Waals surface area contributed by atoms with Crippen molar-refractivity contribution in [3.63, 3.8) is 0 Å². The summed E-state index contributed by atoms with van der Waals surface area (Å²) >= 11 is 0. The lowest BCUT2D eigenvalue weighted by Gasteiger charge is -2.25. The average molecular weight is 345 g/mol. The third kappa shape index (κ3) is 11.8. The molecule has 0 saturated carbocycles. The molecule has 0 aromatic rings. The number of ether oxygens (including phenoxy) is 1. The van der Waals surface area contributed by atoms with Crippen LogP contribution in [0.15, 0.2) is 12.2 Å². The highest BCUT2D eigenvalue weighted by Crippen LogP contribution is 2.41. The van der Waals surface area contributed by atoms with Crippen molar-refractivity contribution in [2.45, 2.75) is 13.0 Å². The number of hydrogen-bond acceptors (Lipinski definition) is 6. The average Bonchev–Trinajstić information content (AvgIpc) is 2.20. The predicted octanol–water partition coefficient (Wildman–Crippen LogP) is -0.238. The highest BCUT2D eigenvalue weighted by Gasteiger charge is 2.26.